The maximum atomic E-state index is 3.42. The molecule has 0 aromatic heterocycles. The Hall–Kier alpha value is -3.16. The van der Waals surface area contributed by atoms with Crippen LogP contribution in [0.15, 0.2) is 121 Å². The van der Waals surface area contributed by atoms with Crippen LogP contribution in [0.25, 0.3) is 0 Å². The summed E-state index contributed by atoms with van der Waals surface area (Å²) in [6, 6.07) is 42.6. The Morgan fingerprint density at radius 1 is 0.531 bits per heavy atom. The van der Waals surface area contributed by atoms with Crippen molar-refractivity contribution in [2.45, 2.75) is 39.3 Å². The van der Waals surface area contributed by atoms with Gasteiger partial charge in [0.15, 0.2) is 0 Å². The first-order valence-corrected chi connectivity index (χ1v) is 11.7. The van der Waals surface area contributed by atoms with E-state index < -0.39 is 0 Å². The number of hydrogen-bond acceptors (Lipinski definition) is 1. The van der Waals surface area contributed by atoms with E-state index in [1.807, 2.05) is 12.1 Å². The molecule has 1 atom stereocenters. The van der Waals surface area contributed by atoms with Gasteiger partial charge in [-0.2, -0.15) is 0 Å². The highest BCUT2D eigenvalue weighted by Gasteiger charge is 2.19. The predicted octanol–water partition coefficient (Wildman–Crippen LogP) is 7.84. The Morgan fingerprint density at radius 3 is 1.22 bits per heavy atom. The third-order valence-electron chi connectivity index (χ3n) is 5.87. The molecule has 4 rings (SSSR count). The molecule has 0 heterocycles. The fourth-order valence-electron chi connectivity index (χ4n) is 3.95. The second-order valence-corrected chi connectivity index (χ2v) is 8.26. The fraction of sp³-hybridized carbons (Fsp3) is 0.226. The summed E-state index contributed by atoms with van der Waals surface area (Å²) in [7, 11) is 0. The molecule has 0 radical (unpaired) electrons. The van der Waals surface area contributed by atoms with Crippen molar-refractivity contribution in [2.24, 2.45) is 5.92 Å². The largest absolute Gasteiger partial charge is 0.309 e. The van der Waals surface area contributed by atoms with Gasteiger partial charge in [0.25, 0.3) is 0 Å². The molecular weight excluding hydrogens is 386 g/mol. The highest BCUT2D eigenvalue weighted by Crippen LogP contribution is 2.33. The third-order valence-corrected chi connectivity index (χ3v) is 5.87. The molecule has 4 aromatic rings. The average molecular weight is 422 g/mol. The molecule has 1 unspecified atom stereocenters. The van der Waals surface area contributed by atoms with E-state index in [4.69, 9.17) is 0 Å². The van der Waals surface area contributed by atoms with Gasteiger partial charge in [0, 0.05) is 19.0 Å². The van der Waals surface area contributed by atoms with Crippen molar-refractivity contribution in [1.29, 1.82) is 0 Å². The summed E-state index contributed by atoms with van der Waals surface area (Å²) in [4.78, 5) is 0. The van der Waals surface area contributed by atoms with Crippen LogP contribution in [0.2, 0.25) is 0 Å². The third kappa shape index (κ3) is 7.51. The zero-order valence-corrected chi connectivity index (χ0v) is 19.3. The van der Waals surface area contributed by atoms with E-state index in [0.29, 0.717) is 11.8 Å². The molecule has 4 aromatic carbocycles. The predicted molar refractivity (Wildman–Crippen MR) is 138 cm³/mol. The lowest BCUT2D eigenvalue weighted by molar-refractivity contribution is 0.496. The van der Waals surface area contributed by atoms with E-state index in [0.717, 1.165) is 13.1 Å². The van der Waals surface area contributed by atoms with Gasteiger partial charge >= 0.3 is 0 Å². The molecule has 0 aliphatic heterocycles. The van der Waals surface area contributed by atoms with Crippen LogP contribution in [0.3, 0.4) is 0 Å². The zero-order chi connectivity index (χ0) is 22.4. The summed E-state index contributed by atoms with van der Waals surface area (Å²) in [6.07, 6.45) is 1.20. The topological polar surface area (TPSA) is 12.0 Å². The van der Waals surface area contributed by atoms with E-state index >= 15 is 0 Å². The maximum Gasteiger partial charge on any atom is 0.0208 e. The molecule has 1 N–H and O–H groups in total. The highest BCUT2D eigenvalue weighted by molar-refractivity contribution is 5.33. The SMILES string of the molecule is CCC(C)C(c1ccccc1)c1ccccc1.c1ccc(CNCc2ccccc2)cc1. The van der Waals surface area contributed by atoms with Crippen LogP contribution >= 0.6 is 0 Å². The monoisotopic (exact) mass is 421 g/mol. The van der Waals surface area contributed by atoms with Gasteiger partial charge in [0.2, 0.25) is 0 Å². The lowest BCUT2D eigenvalue weighted by atomic mass is 9.80. The van der Waals surface area contributed by atoms with Crippen molar-refractivity contribution in [3.63, 3.8) is 0 Å². The van der Waals surface area contributed by atoms with E-state index in [9.17, 15) is 0 Å². The molecule has 32 heavy (non-hydrogen) atoms. The quantitative estimate of drug-likeness (QED) is 0.305. The van der Waals surface area contributed by atoms with Gasteiger partial charge in [-0.05, 0) is 28.2 Å². The molecule has 0 saturated heterocycles. The van der Waals surface area contributed by atoms with Gasteiger partial charge in [-0.25, -0.2) is 0 Å². The molecule has 0 aliphatic rings. The van der Waals surface area contributed by atoms with Crippen molar-refractivity contribution in [1.82, 2.24) is 5.32 Å². The molecule has 0 amide bonds. The first-order chi connectivity index (χ1) is 15.8. The normalized spacial score (nSPS) is 11.5. The van der Waals surface area contributed by atoms with Gasteiger partial charge in [0.1, 0.15) is 0 Å². The van der Waals surface area contributed by atoms with E-state index in [-0.39, 0.29) is 0 Å². The van der Waals surface area contributed by atoms with Crippen LogP contribution in [0.1, 0.15) is 48.4 Å². The number of benzene rings is 4. The van der Waals surface area contributed by atoms with E-state index in [1.54, 1.807) is 0 Å². The van der Waals surface area contributed by atoms with Crippen molar-refractivity contribution >= 4 is 0 Å². The number of nitrogens with one attached hydrogen (secondary N) is 1. The van der Waals surface area contributed by atoms with Crippen molar-refractivity contribution in [3.05, 3.63) is 144 Å². The van der Waals surface area contributed by atoms with Gasteiger partial charge in [-0.1, -0.05) is 142 Å². The van der Waals surface area contributed by atoms with Crippen LogP contribution in [-0.4, -0.2) is 0 Å². The first-order valence-electron chi connectivity index (χ1n) is 11.7. The minimum absolute atomic E-state index is 0.516. The van der Waals surface area contributed by atoms with Crippen molar-refractivity contribution in [3.8, 4) is 0 Å². The van der Waals surface area contributed by atoms with Crippen LogP contribution in [0.5, 0.6) is 0 Å². The van der Waals surface area contributed by atoms with Crippen molar-refractivity contribution in [2.75, 3.05) is 0 Å². The highest BCUT2D eigenvalue weighted by atomic mass is 14.8. The van der Waals surface area contributed by atoms with Gasteiger partial charge in [0.05, 0.1) is 0 Å². The second-order valence-electron chi connectivity index (χ2n) is 8.26. The summed E-state index contributed by atoms with van der Waals surface area (Å²) < 4.78 is 0. The van der Waals surface area contributed by atoms with Crippen molar-refractivity contribution < 1.29 is 0 Å². The molecule has 0 aliphatic carbocycles. The zero-order valence-electron chi connectivity index (χ0n) is 19.3. The summed E-state index contributed by atoms with van der Waals surface area (Å²) in [5.41, 5.74) is 5.50. The first kappa shape index (κ1) is 23.5. The Balaban J connectivity index is 0.000000182. The minimum atomic E-state index is 0.516. The Bertz CT molecular complexity index is 903. The summed E-state index contributed by atoms with van der Waals surface area (Å²) in [6.45, 7) is 6.46. The molecular formula is C31H35N. The lowest BCUT2D eigenvalue weighted by Crippen LogP contribution is -2.12. The Kier molecular flexibility index (Phi) is 9.76. The molecule has 0 bridgehead atoms. The minimum Gasteiger partial charge on any atom is -0.309 e. The van der Waals surface area contributed by atoms with E-state index in [2.05, 4.69) is 128 Å². The lowest BCUT2D eigenvalue weighted by Gasteiger charge is -2.24. The van der Waals surface area contributed by atoms with Crippen LogP contribution in [0, 0.1) is 5.92 Å². The summed E-state index contributed by atoms with van der Waals surface area (Å²) in [5.74, 6) is 1.18. The number of hydrogen-bond donors (Lipinski definition) is 1. The second kappa shape index (κ2) is 13.3. The smallest absolute Gasteiger partial charge is 0.0208 e. The standard InChI is InChI=1S/C17H20.C14H15N/c1-3-14(2)17(15-10-6-4-7-11-15)16-12-8-5-9-13-16;1-3-7-13(8-4-1)11-15-12-14-9-5-2-6-10-14/h4-14,17H,3H2,1-2H3;1-10,15H,11-12H2. The molecule has 164 valence electrons. The molecule has 0 saturated carbocycles. The molecule has 0 spiro atoms. The fourth-order valence-corrected chi connectivity index (χ4v) is 3.95. The summed E-state index contributed by atoms with van der Waals surface area (Å²) >= 11 is 0. The van der Waals surface area contributed by atoms with Crippen LogP contribution in [-0.2, 0) is 13.1 Å². The van der Waals surface area contributed by atoms with E-state index in [1.165, 1.54) is 28.7 Å². The van der Waals surface area contributed by atoms with Crippen LogP contribution in [0.4, 0.5) is 0 Å². The van der Waals surface area contributed by atoms with Gasteiger partial charge < -0.3 is 5.32 Å². The van der Waals surface area contributed by atoms with Crippen LogP contribution < -0.4 is 5.32 Å². The summed E-state index contributed by atoms with van der Waals surface area (Å²) in [5, 5.41) is 3.42. The average Bonchev–Trinajstić information content (AvgIpc) is 2.87. The molecule has 0 fully saturated rings. The molecule has 1 nitrogen and oxygen atoms in total. The number of rotatable bonds is 8. The van der Waals surface area contributed by atoms with Gasteiger partial charge in [-0.15, -0.1) is 0 Å². The Morgan fingerprint density at radius 2 is 0.875 bits per heavy atom. The maximum absolute atomic E-state index is 3.42. The van der Waals surface area contributed by atoms with Gasteiger partial charge in [-0.3, -0.25) is 0 Å². The molecule has 1 heteroatoms. The Labute approximate surface area is 194 Å².